The Hall–Kier alpha value is -3.41. The molecule has 142 valence electrons. The molecule has 2 atom stereocenters. The first kappa shape index (κ1) is 18.0. The molecule has 2 aromatic carbocycles. The predicted molar refractivity (Wildman–Crippen MR) is 105 cm³/mol. The van der Waals surface area contributed by atoms with Gasteiger partial charge in [0, 0.05) is 11.8 Å². The van der Waals surface area contributed by atoms with Crippen molar-refractivity contribution in [3.05, 3.63) is 66.2 Å². The number of anilines is 2. The van der Waals surface area contributed by atoms with E-state index < -0.39 is 5.91 Å². The smallest absolute Gasteiger partial charge is 0.257 e. The minimum Gasteiger partial charge on any atom is -0.497 e. The van der Waals surface area contributed by atoms with Crippen LogP contribution in [0.1, 0.15) is 23.2 Å². The minimum atomic E-state index is -0.391. The lowest BCUT2D eigenvalue weighted by Gasteiger charge is -2.18. The third-order valence-electron chi connectivity index (χ3n) is 5.22. The first-order chi connectivity index (χ1) is 13.6. The highest BCUT2D eigenvalue weighted by Gasteiger charge is 2.48. The maximum atomic E-state index is 12.9. The number of ether oxygens (including phenoxy) is 1. The lowest BCUT2D eigenvalue weighted by Crippen LogP contribution is -2.32. The van der Waals surface area contributed by atoms with Crippen LogP contribution in [-0.2, 0) is 9.59 Å². The molecule has 28 heavy (non-hydrogen) atoms. The van der Waals surface area contributed by atoms with Crippen molar-refractivity contribution in [2.45, 2.75) is 12.8 Å². The van der Waals surface area contributed by atoms with E-state index in [0.29, 0.717) is 30.0 Å². The molecule has 0 saturated carbocycles. The average molecular weight is 376 g/mol. The molecule has 0 unspecified atom stereocenters. The monoisotopic (exact) mass is 376 g/mol. The number of hydrogen-bond donors (Lipinski definition) is 1. The molecule has 1 aliphatic heterocycles. The number of nitrogens with zero attached hydrogens (tertiary/aromatic N) is 1. The van der Waals surface area contributed by atoms with Crippen LogP contribution in [0.25, 0.3) is 0 Å². The molecule has 2 aromatic rings. The van der Waals surface area contributed by atoms with E-state index in [1.165, 1.54) is 4.90 Å². The Morgan fingerprint density at radius 1 is 1.00 bits per heavy atom. The fourth-order valence-corrected chi connectivity index (χ4v) is 3.80. The van der Waals surface area contributed by atoms with Crippen LogP contribution in [0.3, 0.4) is 0 Å². The molecule has 6 nitrogen and oxygen atoms in total. The summed E-state index contributed by atoms with van der Waals surface area (Å²) in [4.78, 5) is 39.9. The van der Waals surface area contributed by atoms with Gasteiger partial charge in [0.15, 0.2) is 0 Å². The second-order valence-electron chi connectivity index (χ2n) is 6.87. The highest BCUT2D eigenvalue weighted by atomic mass is 16.5. The van der Waals surface area contributed by atoms with Crippen LogP contribution in [0, 0.1) is 11.8 Å². The van der Waals surface area contributed by atoms with Crippen LogP contribution in [0.5, 0.6) is 5.75 Å². The van der Waals surface area contributed by atoms with Gasteiger partial charge in [0.05, 0.1) is 30.2 Å². The van der Waals surface area contributed by atoms with E-state index in [4.69, 9.17) is 4.74 Å². The van der Waals surface area contributed by atoms with Crippen LogP contribution < -0.4 is 15.0 Å². The number of para-hydroxylation sites is 1. The molecule has 0 spiro atoms. The third kappa shape index (κ3) is 3.07. The number of amides is 3. The van der Waals surface area contributed by atoms with Crippen molar-refractivity contribution in [2.75, 3.05) is 17.3 Å². The summed E-state index contributed by atoms with van der Waals surface area (Å²) in [6.45, 7) is 0. The van der Waals surface area contributed by atoms with E-state index in [0.717, 1.165) is 0 Å². The third-order valence-corrected chi connectivity index (χ3v) is 5.22. The van der Waals surface area contributed by atoms with Crippen LogP contribution in [0.2, 0.25) is 0 Å². The molecule has 4 rings (SSSR count). The molecule has 0 radical (unpaired) electrons. The normalized spacial score (nSPS) is 20.8. The van der Waals surface area contributed by atoms with E-state index >= 15 is 0 Å². The molecule has 1 fully saturated rings. The number of carbonyl (C=O) groups is 3. The number of nitrogens with one attached hydrogen (secondary N) is 1. The van der Waals surface area contributed by atoms with Gasteiger partial charge in [-0.3, -0.25) is 14.4 Å². The zero-order valence-electron chi connectivity index (χ0n) is 15.4. The fraction of sp³-hybridized carbons (Fsp3) is 0.227. The fourth-order valence-electron chi connectivity index (χ4n) is 3.80. The van der Waals surface area contributed by atoms with Crippen molar-refractivity contribution in [2.24, 2.45) is 11.8 Å². The molecule has 2 aliphatic rings. The quantitative estimate of drug-likeness (QED) is 0.655. The Morgan fingerprint density at radius 2 is 1.68 bits per heavy atom. The highest BCUT2D eigenvalue weighted by Crippen LogP contribution is 2.38. The number of hydrogen-bond acceptors (Lipinski definition) is 4. The minimum absolute atomic E-state index is 0.235. The Morgan fingerprint density at radius 3 is 2.36 bits per heavy atom. The average Bonchev–Trinajstić information content (AvgIpc) is 2.98. The van der Waals surface area contributed by atoms with Crippen molar-refractivity contribution < 1.29 is 19.1 Å². The van der Waals surface area contributed by atoms with Gasteiger partial charge < -0.3 is 10.1 Å². The summed E-state index contributed by atoms with van der Waals surface area (Å²) >= 11 is 0. The standard InChI is InChI=1S/C22H20N2O4/c1-28-15-8-6-7-14(13-15)23-20(25)18-11-4-5-12-19(18)24-21(26)16-9-2-3-10-17(16)22(24)27/h2-8,11-13,16-17H,9-10H2,1H3,(H,23,25)/t16-,17-/m1/s1. The predicted octanol–water partition coefficient (Wildman–Crippen LogP) is 3.40. The molecular weight excluding hydrogens is 356 g/mol. The van der Waals surface area contributed by atoms with Crippen LogP contribution in [0.15, 0.2) is 60.7 Å². The lowest BCUT2D eigenvalue weighted by molar-refractivity contribution is -0.122. The lowest BCUT2D eigenvalue weighted by atomic mass is 9.85. The summed E-state index contributed by atoms with van der Waals surface area (Å²) < 4.78 is 5.17. The summed E-state index contributed by atoms with van der Waals surface area (Å²) in [5.74, 6) is -0.925. The number of benzene rings is 2. The molecule has 3 amide bonds. The SMILES string of the molecule is COc1cccc(NC(=O)c2ccccc2N2C(=O)[C@@H]3CC=CC[C@H]3C2=O)c1. The van der Waals surface area contributed by atoms with Gasteiger partial charge in [0.1, 0.15) is 5.75 Å². The number of carbonyl (C=O) groups excluding carboxylic acids is 3. The molecular formula is C22H20N2O4. The Kier molecular flexibility index (Phi) is 4.69. The van der Waals surface area contributed by atoms with Crippen LogP contribution >= 0.6 is 0 Å². The zero-order valence-corrected chi connectivity index (χ0v) is 15.4. The maximum Gasteiger partial charge on any atom is 0.257 e. The summed E-state index contributed by atoms with van der Waals surface area (Å²) in [5, 5.41) is 2.81. The van der Waals surface area contributed by atoms with Gasteiger partial charge in [-0.2, -0.15) is 0 Å². The maximum absolute atomic E-state index is 12.9. The van der Waals surface area contributed by atoms with Gasteiger partial charge in [-0.25, -0.2) is 4.90 Å². The number of imide groups is 1. The van der Waals surface area contributed by atoms with E-state index in [1.54, 1.807) is 55.6 Å². The van der Waals surface area contributed by atoms with E-state index in [1.807, 2.05) is 12.2 Å². The Labute approximate surface area is 162 Å². The summed E-state index contributed by atoms with van der Waals surface area (Å²) in [7, 11) is 1.55. The van der Waals surface area contributed by atoms with Crippen molar-refractivity contribution >= 4 is 29.1 Å². The van der Waals surface area contributed by atoms with Gasteiger partial charge in [-0.05, 0) is 37.1 Å². The first-order valence-electron chi connectivity index (χ1n) is 9.17. The van der Waals surface area contributed by atoms with E-state index in [2.05, 4.69) is 5.32 Å². The van der Waals surface area contributed by atoms with Crippen molar-refractivity contribution in [3.63, 3.8) is 0 Å². The van der Waals surface area contributed by atoms with Gasteiger partial charge in [-0.1, -0.05) is 30.4 Å². The molecule has 1 N–H and O–H groups in total. The van der Waals surface area contributed by atoms with Gasteiger partial charge in [0.25, 0.3) is 5.91 Å². The van der Waals surface area contributed by atoms with Crippen molar-refractivity contribution in [1.82, 2.24) is 0 Å². The molecule has 0 bridgehead atoms. The van der Waals surface area contributed by atoms with Gasteiger partial charge in [-0.15, -0.1) is 0 Å². The molecule has 1 aliphatic carbocycles. The molecule has 6 heteroatoms. The molecule has 1 heterocycles. The van der Waals surface area contributed by atoms with Gasteiger partial charge in [0.2, 0.25) is 11.8 Å². The van der Waals surface area contributed by atoms with E-state index in [9.17, 15) is 14.4 Å². The number of allylic oxidation sites excluding steroid dienone is 2. The zero-order chi connectivity index (χ0) is 19.7. The number of methoxy groups -OCH3 is 1. The Bertz CT molecular complexity index is 956. The summed E-state index contributed by atoms with van der Waals surface area (Å²) in [6.07, 6.45) is 5.00. The largest absolute Gasteiger partial charge is 0.497 e. The second kappa shape index (κ2) is 7.31. The van der Waals surface area contributed by atoms with Crippen LogP contribution in [0.4, 0.5) is 11.4 Å². The first-order valence-corrected chi connectivity index (χ1v) is 9.17. The number of fused-ring (bicyclic) bond motifs is 1. The Balaban J connectivity index is 1.64. The molecule has 1 saturated heterocycles. The number of rotatable bonds is 4. The van der Waals surface area contributed by atoms with Crippen molar-refractivity contribution in [1.29, 1.82) is 0 Å². The summed E-state index contributed by atoms with van der Waals surface area (Å²) in [6, 6.07) is 13.7. The second-order valence-corrected chi connectivity index (χ2v) is 6.87. The van der Waals surface area contributed by atoms with E-state index in [-0.39, 0.29) is 29.2 Å². The summed E-state index contributed by atoms with van der Waals surface area (Å²) in [5.41, 5.74) is 1.17. The van der Waals surface area contributed by atoms with Gasteiger partial charge >= 0.3 is 0 Å². The molecule has 0 aromatic heterocycles. The topological polar surface area (TPSA) is 75.7 Å². The van der Waals surface area contributed by atoms with Crippen LogP contribution in [-0.4, -0.2) is 24.8 Å². The van der Waals surface area contributed by atoms with Crippen molar-refractivity contribution in [3.8, 4) is 5.75 Å². The highest BCUT2D eigenvalue weighted by molar-refractivity contribution is 6.25.